The topological polar surface area (TPSA) is 38.7 Å². The molecule has 0 amide bonds. The lowest BCUT2D eigenvalue weighted by Gasteiger charge is -2.43. The van der Waals surface area contributed by atoms with E-state index < -0.39 is 14.4 Å². The Morgan fingerprint density at radius 2 is 1.50 bits per heavy atom. The molecule has 0 heterocycles. The SMILES string of the molecule is C=CC[C@H](O)[C@@H](C)[C@H](CO[Si](C(C)C)(C(C)C)C(C)C)OCc1ccccc1. The van der Waals surface area contributed by atoms with Crippen molar-refractivity contribution in [3.8, 4) is 0 Å². The minimum Gasteiger partial charge on any atom is -0.413 e. The summed E-state index contributed by atoms with van der Waals surface area (Å²) in [7, 11) is -1.98. The first-order valence-corrected chi connectivity index (χ1v) is 12.9. The Bertz CT molecular complexity index is 534. The van der Waals surface area contributed by atoms with E-state index >= 15 is 0 Å². The second-order valence-corrected chi connectivity index (χ2v) is 14.4. The molecule has 0 aliphatic rings. The van der Waals surface area contributed by atoms with Gasteiger partial charge in [0.05, 0.1) is 25.4 Å². The minimum absolute atomic E-state index is 0.0279. The van der Waals surface area contributed by atoms with Crippen LogP contribution in [0.15, 0.2) is 43.0 Å². The summed E-state index contributed by atoms with van der Waals surface area (Å²) in [5.74, 6) is -0.0279. The van der Waals surface area contributed by atoms with Crippen LogP contribution in [-0.2, 0) is 15.8 Å². The number of hydrogen-bond donors (Lipinski definition) is 1. The van der Waals surface area contributed by atoms with Crippen molar-refractivity contribution in [2.24, 2.45) is 5.92 Å². The molecule has 0 fully saturated rings. The summed E-state index contributed by atoms with van der Waals surface area (Å²) >= 11 is 0. The third-order valence-corrected chi connectivity index (χ3v) is 12.2. The van der Waals surface area contributed by atoms with Gasteiger partial charge in [-0.2, -0.15) is 0 Å². The number of aliphatic hydroxyl groups excluding tert-OH is 1. The molecule has 1 aromatic carbocycles. The molecule has 0 bridgehead atoms. The monoisotopic (exact) mass is 406 g/mol. The highest BCUT2D eigenvalue weighted by Gasteiger charge is 2.45. The van der Waals surface area contributed by atoms with Crippen LogP contribution in [0.3, 0.4) is 0 Å². The van der Waals surface area contributed by atoms with E-state index in [4.69, 9.17) is 9.16 Å². The Labute approximate surface area is 174 Å². The zero-order chi connectivity index (χ0) is 21.3. The average Bonchev–Trinajstić information content (AvgIpc) is 2.64. The summed E-state index contributed by atoms with van der Waals surface area (Å²) in [6.45, 7) is 20.6. The third kappa shape index (κ3) is 6.55. The van der Waals surface area contributed by atoms with E-state index in [-0.39, 0.29) is 12.0 Å². The number of aliphatic hydroxyl groups is 1. The number of benzene rings is 1. The molecule has 0 aliphatic carbocycles. The van der Waals surface area contributed by atoms with Gasteiger partial charge >= 0.3 is 0 Å². The van der Waals surface area contributed by atoms with Crippen LogP contribution < -0.4 is 0 Å². The fourth-order valence-corrected chi connectivity index (χ4v) is 9.94. The Morgan fingerprint density at radius 3 is 1.96 bits per heavy atom. The van der Waals surface area contributed by atoms with Crippen molar-refractivity contribution < 1.29 is 14.3 Å². The third-order valence-electron chi connectivity index (χ3n) is 6.11. The highest BCUT2D eigenvalue weighted by Crippen LogP contribution is 2.42. The minimum atomic E-state index is -1.98. The Balaban J connectivity index is 2.97. The molecule has 0 unspecified atom stereocenters. The summed E-state index contributed by atoms with van der Waals surface area (Å²) in [6, 6.07) is 10.2. The molecule has 0 spiro atoms. The van der Waals surface area contributed by atoms with Gasteiger partial charge in [-0.25, -0.2) is 0 Å². The highest BCUT2D eigenvalue weighted by atomic mass is 28.4. The van der Waals surface area contributed by atoms with Crippen molar-refractivity contribution in [2.45, 2.75) is 90.3 Å². The maximum atomic E-state index is 10.5. The summed E-state index contributed by atoms with van der Waals surface area (Å²) in [6.07, 6.45) is 1.70. The molecule has 0 aliphatic heterocycles. The van der Waals surface area contributed by atoms with E-state index in [2.05, 4.69) is 67.2 Å². The molecule has 0 radical (unpaired) electrons. The first kappa shape index (κ1) is 25.1. The van der Waals surface area contributed by atoms with Gasteiger partial charge in [0.1, 0.15) is 0 Å². The Hall–Kier alpha value is -0.943. The zero-order valence-corrected chi connectivity index (χ0v) is 20.0. The van der Waals surface area contributed by atoms with Crippen LogP contribution in [-0.4, -0.2) is 32.2 Å². The van der Waals surface area contributed by atoms with Crippen molar-refractivity contribution in [1.29, 1.82) is 0 Å². The lowest BCUT2D eigenvalue weighted by Crippen LogP contribution is -2.50. The molecule has 0 aromatic heterocycles. The molecule has 1 rings (SSSR count). The normalized spacial score (nSPS) is 15.8. The predicted octanol–water partition coefficient (Wildman–Crippen LogP) is 6.34. The maximum Gasteiger partial charge on any atom is 0.200 e. The fraction of sp³-hybridized carbons (Fsp3) is 0.667. The van der Waals surface area contributed by atoms with Crippen LogP contribution in [0.25, 0.3) is 0 Å². The second kappa shape index (κ2) is 11.9. The molecule has 4 heteroatoms. The van der Waals surface area contributed by atoms with E-state index in [1.165, 1.54) is 0 Å². The second-order valence-electron chi connectivity index (χ2n) is 8.91. The average molecular weight is 407 g/mol. The van der Waals surface area contributed by atoms with Crippen LogP contribution in [0.4, 0.5) is 0 Å². The molecule has 0 saturated heterocycles. The quantitative estimate of drug-likeness (QED) is 0.307. The molecule has 3 nitrogen and oxygen atoms in total. The molecular formula is C24H42O3Si. The molecule has 28 heavy (non-hydrogen) atoms. The van der Waals surface area contributed by atoms with E-state index in [0.29, 0.717) is 36.3 Å². The molecular weight excluding hydrogens is 364 g/mol. The van der Waals surface area contributed by atoms with E-state index in [1.54, 1.807) is 6.08 Å². The van der Waals surface area contributed by atoms with Gasteiger partial charge in [0.15, 0.2) is 8.32 Å². The van der Waals surface area contributed by atoms with Gasteiger partial charge in [-0.1, -0.05) is 84.9 Å². The van der Waals surface area contributed by atoms with Gasteiger partial charge in [-0.3, -0.25) is 0 Å². The first-order valence-electron chi connectivity index (χ1n) is 10.7. The Kier molecular flexibility index (Phi) is 10.7. The summed E-state index contributed by atoms with van der Waals surface area (Å²) in [4.78, 5) is 0. The van der Waals surface area contributed by atoms with Crippen molar-refractivity contribution in [3.63, 3.8) is 0 Å². The van der Waals surface area contributed by atoms with Gasteiger partial charge in [0, 0.05) is 5.92 Å². The number of hydrogen-bond acceptors (Lipinski definition) is 3. The largest absolute Gasteiger partial charge is 0.413 e. The van der Waals surface area contributed by atoms with E-state index in [0.717, 1.165) is 5.56 Å². The summed E-state index contributed by atoms with van der Waals surface area (Å²) in [5.41, 5.74) is 2.71. The van der Waals surface area contributed by atoms with Crippen molar-refractivity contribution >= 4 is 8.32 Å². The van der Waals surface area contributed by atoms with E-state index in [9.17, 15) is 5.11 Å². The fourth-order valence-electron chi connectivity index (χ4n) is 4.49. The predicted molar refractivity (Wildman–Crippen MR) is 122 cm³/mol. The van der Waals surface area contributed by atoms with Crippen LogP contribution in [0, 0.1) is 5.92 Å². The van der Waals surface area contributed by atoms with Gasteiger partial charge in [-0.05, 0) is 28.6 Å². The number of rotatable bonds is 13. The molecule has 3 atom stereocenters. The van der Waals surface area contributed by atoms with Crippen molar-refractivity contribution in [2.75, 3.05) is 6.61 Å². The zero-order valence-electron chi connectivity index (χ0n) is 19.0. The molecule has 160 valence electrons. The van der Waals surface area contributed by atoms with Crippen LogP contribution >= 0.6 is 0 Å². The smallest absolute Gasteiger partial charge is 0.200 e. The van der Waals surface area contributed by atoms with Gasteiger partial charge < -0.3 is 14.3 Å². The highest BCUT2D eigenvalue weighted by molar-refractivity contribution is 6.77. The Morgan fingerprint density at radius 1 is 0.964 bits per heavy atom. The van der Waals surface area contributed by atoms with E-state index in [1.807, 2.05) is 18.2 Å². The summed E-state index contributed by atoms with van der Waals surface area (Å²) in [5, 5.41) is 10.5. The lowest BCUT2D eigenvalue weighted by molar-refractivity contribution is -0.0601. The molecule has 1 N–H and O–H groups in total. The number of ether oxygens (including phenoxy) is 1. The van der Waals surface area contributed by atoms with Crippen molar-refractivity contribution in [3.05, 3.63) is 48.6 Å². The first-order chi connectivity index (χ1) is 13.2. The van der Waals surface area contributed by atoms with Crippen LogP contribution in [0.2, 0.25) is 16.6 Å². The van der Waals surface area contributed by atoms with Gasteiger partial charge in [0.25, 0.3) is 0 Å². The van der Waals surface area contributed by atoms with Gasteiger partial charge in [-0.15, -0.1) is 6.58 Å². The summed E-state index contributed by atoms with van der Waals surface area (Å²) < 4.78 is 13.1. The van der Waals surface area contributed by atoms with Crippen molar-refractivity contribution in [1.82, 2.24) is 0 Å². The van der Waals surface area contributed by atoms with Crippen LogP contribution in [0.1, 0.15) is 60.5 Å². The molecule has 1 aromatic rings. The standard InChI is InChI=1S/C24H42O3Si/c1-9-13-23(25)21(8)24(26-16-22-14-11-10-12-15-22)17-27-28(18(2)3,19(4)5)20(6)7/h9-12,14-15,18-21,23-25H,1,13,16-17H2,2-8H3/t21-,23+,24+/m1/s1. The van der Waals surface area contributed by atoms with Crippen LogP contribution in [0.5, 0.6) is 0 Å². The molecule has 0 saturated carbocycles. The maximum absolute atomic E-state index is 10.5. The van der Waals surface area contributed by atoms with Gasteiger partial charge in [0.2, 0.25) is 0 Å². The lowest BCUT2D eigenvalue weighted by atomic mass is 9.96.